The van der Waals surface area contributed by atoms with Crippen molar-refractivity contribution in [1.29, 1.82) is 0 Å². The number of aliphatic hydroxyl groups is 1. The number of primary amides is 2. The molecule has 0 unspecified atom stereocenters. The third kappa shape index (κ3) is 25.7. The summed E-state index contributed by atoms with van der Waals surface area (Å²) in [6.07, 6.45) is -0.0263. The highest BCUT2D eigenvalue weighted by Gasteiger charge is 2.35. The smallest absolute Gasteiger partial charge is 0.326 e. The third-order valence-electron chi connectivity index (χ3n) is 11.4. The van der Waals surface area contributed by atoms with Crippen LogP contribution in [0.15, 0.2) is 59.6 Å². The van der Waals surface area contributed by atoms with E-state index in [-0.39, 0.29) is 68.4 Å². The van der Waals surface area contributed by atoms with Crippen molar-refractivity contribution < 1.29 is 68.1 Å². The molecule has 2 aromatic carbocycles. The van der Waals surface area contributed by atoms with Crippen LogP contribution in [-0.2, 0) is 65.6 Å². The maximum absolute atomic E-state index is 14.3. The largest absolute Gasteiger partial charge is 0.508 e. The lowest BCUT2D eigenvalue weighted by Gasteiger charge is -2.27. The predicted octanol–water partition coefficient (Wildman–Crippen LogP) is -4.91. The zero-order chi connectivity index (χ0) is 58.5. The summed E-state index contributed by atoms with van der Waals surface area (Å²) < 4.78 is 0. The maximum Gasteiger partial charge on any atom is 0.326 e. The molecule has 10 amide bonds. The molecule has 0 aliphatic heterocycles. The number of guanidine groups is 1. The van der Waals surface area contributed by atoms with Gasteiger partial charge in [-0.15, -0.1) is 0 Å². The molecule has 0 radical (unpaired) electrons. The number of thioether (sulfide) groups is 1. The number of aliphatic imine (C=N–C) groups is 1. The lowest BCUT2D eigenvalue weighted by molar-refractivity contribution is -0.142. The Labute approximate surface area is 454 Å². The Morgan fingerprint density at radius 3 is 1.65 bits per heavy atom. The van der Waals surface area contributed by atoms with Gasteiger partial charge in [0, 0.05) is 19.4 Å². The van der Waals surface area contributed by atoms with Gasteiger partial charge in [0.2, 0.25) is 59.1 Å². The predicted molar refractivity (Wildman–Crippen MR) is 286 cm³/mol. The van der Waals surface area contributed by atoms with Gasteiger partial charge in [-0.3, -0.25) is 52.9 Å². The van der Waals surface area contributed by atoms with Gasteiger partial charge in [-0.1, -0.05) is 56.3 Å². The van der Waals surface area contributed by atoms with E-state index in [4.69, 9.17) is 28.7 Å². The number of hydrogen-bond acceptors (Lipinski definition) is 16. The highest BCUT2D eigenvalue weighted by molar-refractivity contribution is 7.98. The summed E-state index contributed by atoms with van der Waals surface area (Å²) in [6, 6.07) is 2.58. The molecule has 28 nitrogen and oxygen atoms in total. The van der Waals surface area contributed by atoms with E-state index in [0.29, 0.717) is 5.56 Å². The maximum atomic E-state index is 14.3. The van der Waals surface area contributed by atoms with E-state index in [1.807, 2.05) is 0 Å². The van der Waals surface area contributed by atoms with Gasteiger partial charge in [-0.2, -0.15) is 11.8 Å². The highest BCUT2D eigenvalue weighted by Crippen LogP contribution is 2.14. The van der Waals surface area contributed by atoms with Crippen LogP contribution in [-0.4, -0.2) is 166 Å². The number of nitrogens with two attached hydrogens (primary N) is 5. The Morgan fingerprint density at radius 1 is 0.590 bits per heavy atom. The number of carbonyl (C=O) groups excluding carboxylic acids is 10. The Kier molecular flexibility index (Phi) is 29.3. The minimum atomic E-state index is -1.89. The number of carbonyl (C=O) groups is 11. The molecule has 78 heavy (non-hydrogen) atoms. The number of hydrogen-bond donors (Lipinski definition) is 16. The standard InChI is InChI=1S/C49H74N14O14S/c1-26(2)20-36(48(76)77)57-40(68)24-56-42(70)32(15-16-38(51)66)59-47(75)37(25-64)63-46(74)35(23-39(52)67)62-44(72)33(17-19-78-3)60-45(73)34(22-28-11-13-29(65)14-12-28)61-43(71)31(10-7-18-55-49(53)54)58-41(69)30(50)21-27-8-5-4-6-9-27/h4-6,8-9,11-14,26,30-37,64-65H,7,10,15-25,50H2,1-3H3,(H2,51,66)(H2,52,67)(H,56,70)(H,57,68)(H,58,69)(H,59,75)(H,60,73)(H,61,71)(H,62,72)(H,63,74)(H,76,77)(H4,53,54,55)/t30-,31-,32-,33-,34-,35-,36-,37-/m0/s1. The number of phenolic OH excluding ortho intramolecular Hbond substituents is 1. The zero-order valence-electron chi connectivity index (χ0n) is 43.7. The summed E-state index contributed by atoms with van der Waals surface area (Å²) in [5.41, 5.74) is 29.1. The fourth-order valence-electron chi connectivity index (χ4n) is 7.34. The lowest BCUT2D eigenvalue weighted by atomic mass is 10.0. The summed E-state index contributed by atoms with van der Waals surface area (Å²) in [6.45, 7) is 1.66. The highest BCUT2D eigenvalue weighted by atomic mass is 32.2. The molecule has 21 N–H and O–H groups in total. The first kappa shape index (κ1) is 66.1. The number of nitrogens with zero attached hydrogens (tertiary/aromatic N) is 1. The molecule has 0 saturated heterocycles. The fourth-order valence-corrected chi connectivity index (χ4v) is 7.82. The van der Waals surface area contributed by atoms with Crippen LogP contribution in [0.5, 0.6) is 5.75 Å². The lowest BCUT2D eigenvalue weighted by Crippen LogP contribution is -2.61. The average molecular weight is 1120 g/mol. The first-order valence-electron chi connectivity index (χ1n) is 24.7. The number of aliphatic hydroxyl groups excluding tert-OH is 1. The number of benzene rings is 2. The second kappa shape index (κ2) is 34.6. The van der Waals surface area contributed by atoms with Crippen molar-refractivity contribution in [3.8, 4) is 5.75 Å². The minimum absolute atomic E-state index is 0.0250. The van der Waals surface area contributed by atoms with Crippen molar-refractivity contribution >= 4 is 82.8 Å². The van der Waals surface area contributed by atoms with Crippen molar-refractivity contribution in [1.82, 2.24) is 42.5 Å². The second-order valence-corrected chi connectivity index (χ2v) is 19.4. The number of nitrogens with one attached hydrogen (secondary N) is 8. The second-order valence-electron chi connectivity index (χ2n) is 18.4. The van der Waals surface area contributed by atoms with Gasteiger partial charge < -0.3 is 86.5 Å². The monoisotopic (exact) mass is 1110 g/mol. The number of amides is 10. The van der Waals surface area contributed by atoms with Crippen LogP contribution in [0.3, 0.4) is 0 Å². The Bertz CT molecular complexity index is 2400. The van der Waals surface area contributed by atoms with E-state index in [0.717, 1.165) is 5.56 Å². The van der Waals surface area contributed by atoms with Crippen LogP contribution in [0.2, 0.25) is 0 Å². The molecule has 0 aliphatic rings. The summed E-state index contributed by atoms with van der Waals surface area (Å²) in [7, 11) is 0. The first-order valence-corrected chi connectivity index (χ1v) is 26.1. The van der Waals surface area contributed by atoms with Crippen LogP contribution in [0.25, 0.3) is 0 Å². The van der Waals surface area contributed by atoms with Gasteiger partial charge in [0.05, 0.1) is 25.6 Å². The van der Waals surface area contributed by atoms with E-state index in [1.165, 1.54) is 36.0 Å². The van der Waals surface area contributed by atoms with Gasteiger partial charge >= 0.3 is 5.97 Å². The summed E-state index contributed by atoms with van der Waals surface area (Å²) >= 11 is 1.27. The van der Waals surface area contributed by atoms with Crippen LogP contribution in [0, 0.1) is 5.92 Å². The molecule has 0 fully saturated rings. The van der Waals surface area contributed by atoms with E-state index < -0.39 is 146 Å². The zero-order valence-corrected chi connectivity index (χ0v) is 44.5. The van der Waals surface area contributed by atoms with Gasteiger partial charge in [-0.25, -0.2) is 4.79 Å². The fraction of sp³-hybridized carbons (Fsp3) is 0.510. The number of phenols is 1. The molecule has 0 saturated carbocycles. The van der Waals surface area contributed by atoms with Crippen LogP contribution in [0.1, 0.15) is 69.9 Å². The van der Waals surface area contributed by atoms with Crippen molar-refractivity contribution in [2.24, 2.45) is 39.6 Å². The summed E-state index contributed by atoms with van der Waals surface area (Å²) in [5, 5.41) is 48.7. The number of carboxylic acids is 1. The van der Waals surface area contributed by atoms with Gasteiger partial charge in [-0.05, 0) is 79.7 Å². The molecular formula is C49H74N14O14S. The molecule has 29 heteroatoms. The van der Waals surface area contributed by atoms with E-state index in [2.05, 4.69) is 47.5 Å². The molecule has 2 rings (SSSR count). The first-order chi connectivity index (χ1) is 36.8. The Morgan fingerprint density at radius 2 is 1.10 bits per heavy atom. The Balaban J connectivity index is 2.38. The molecule has 2 aromatic rings. The molecular weight excluding hydrogens is 1040 g/mol. The molecule has 8 atom stereocenters. The molecule has 430 valence electrons. The van der Waals surface area contributed by atoms with Crippen molar-refractivity contribution in [3.63, 3.8) is 0 Å². The minimum Gasteiger partial charge on any atom is -0.508 e. The number of aliphatic carboxylic acids is 1. The average Bonchev–Trinajstić information content (AvgIpc) is 3.37. The van der Waals surface area contributed by atoms with Crippen LogP contribution in [0.4, 0.5) is 0 Å². The SMILES string of the molecule is CSCC[C@H](NC(=O)[C@H](Cc1ccc(O)cc1)NC(=O)[C@H](CCCN=C(N)N)NC(=O)[C@@H](N)Cc1ccccc1)C(=O)N[C@@H](CC(N)=O)C(=O)N[C@@H](CO)C(=O)N[C@@H](CCC(N)=O)C(=O)NCC(=O)N[C@@H](CC(C)C)C(=O)O. The topological polar surface area (TPSA) is 487 Å². The van der Waals surface area contributed by atoms with Crippen molar-refractivity contribution in [2.75, 3.05) is 31.7 Å². The molecule has 0 aliphatic carbocycles. The van der Waals surface area contributed by atoms with Crippen molar-refractivity contribution in [3.05, 3.63) is 65.7 Å². The molecule has 0 heterocycles. The van der Waals surface area contributed by atoms with Crippen LogP contribution < -0.4 is 71.2 Å². The molecule has 0 aromatic heterocycles. The quantitative estimate of drug-likeness (QED) is 0.0173. The van der Waals surface area contributed by atoms with Gasteiger partial charge in [0.25, 0.3) is 0 Å². The summed E-state index contributed by atoms with van der Waals surface area (Å²) in [4.78, 5) is 148. The van der Waals surface area contributed by atoms with Crippen molar-refractivity contribution in [2.45, 2.75) is 120 Å². The van der Waals surface area contributed by atoms with E-state index in [9.17, 15) is 68.1 Å². The molecule has 0 spiro atoms. The number of aromatic hydroxyl groups is 1. The third-order valence-corrected chi connectivity index (χ3v) is 12.0. The van der Waals surface area contributed by atoms with Crippen LogP contribution >= 0.6 is 11.8 Å². The van der Waals surface area contributed by atoms with E-state index >= 15 is 0 Å². The molecule has 0 bridgehead atoms. The normalized spacial score (nSPS) is 14.0. The van der Waals surface area contributed by atoms with E-state index in [1.54, 1.807) is 50.4 Å². The summed E-state index contributed by atoms with van der Waals surface area (Å²) in [5.74, 6) is -11.4. The Hall–Kier alpha value is -8.05. The van der Waals surface area contributed by atoms with Gasteiger partial charge in [0.1, 0.15) is 48.0 Å². The number of carboxylic acid groups (broad SMARTS) is 1. The van der Waals surface area contributed by atoms with Gasteiger partial charge in [0.15, 0.2) is 5.96 Å². The number of rotatable bonds is 36.